The molecule has 8 nitrogen and oxygen atoms in total. The Labute approximate surface area is 140 Å². The number of nitrogens with zero attached hydrogens (tertiary/aromatic N) is 2. The van der Waals surface area contributed by atoms with Crippen LogP contribution in [0.3, 0.4) is 0 Å². The number of carbonyl (C=O) groups is 2. The third kappa shape index (κ3) is 4.81. The first-order chi connectivity index (χ1) is 11.0. The van der Waals surface area contributed by atoms with Crippen molar-refractivity contribution in [3.63, 3.8) is 0 Å². The summed E-state index contributed by atoms with van der Waals surface area (Å²) in [6.45, 7) is 6.84. The Morgan fingerprint density at radius 3 is 2.29 bits per heavy atom. The van der Waals surface area contributed by atoms with Crippen molar-refractivity contribution in [3.8, 4) is 0 Å². The second-order valence-corrected chi connectivity index (χ2v) is 6.44. The van der Waals surface area contributed by atoms with Crippen LogP contribution in [-0.2, 0) is 33.2 Å². The second kappa shape index (κ2) is 7.46. The maximum atomic E-state index is 12.3. The second-order valence-electron chi connectivity index (χ2n) is 6.44. The van der Waals surface area contributed by atoms with Gasteiger partial charge in [-0.05, 0) is 27.7 Å². The monoisotopic (exact) mass is 340 g/mol. The van der Waals surface area contributed by atoms with E-state index in [0.29, 0.717) is 0 Å². The van der Waals surface area contributed by atoms with Gasteiger partial charge in [0.25, 0.3) is 5.56 Å². The Kier molecular flexibility index (Phi) is 6.11. The molecule has 0 bridgehead atoms. The molecule has 1 aromatic rings. The lowest BCUT2D eigenvalue weighted by Gasteiger charge is -2.22. The molecule has 1 heterocycles. The SMILES string of the molecule is CCOC(=O)C(CC(=O)OC(C)(C)C)c1cn(C)c(=O)n(C)c1=O. The number of ether oxygens (including phenoxy) is 2. The maximum absolute atomic E-state index is 12.3. The standard InChI is InChI=1S/C16H24N2O6/c1-7-23-14(21)10(8-12(19)24-16(2,3)4)11-9-17(5)15(22)18(6)13(11)20/h9-10H,7-8H2,1-6H3. The number of rotatable bonds is 5. The van der Waals surface area contributed by atoms with E-state index < -0.39 is 34.7 Å². The topological polar surface area (TPSA) is 96.6 Å². The van der Waals surface area contributed by atoms with Crippen LogP contribution in [0.5, 0.6) is 0 Å². The van der Waals surface area contributed by atoms with Crippen molar-refractivity contribution in [1.82, 2.24) is 9.13 Å². The summed E-state index contributed by atoms with van der Waals surface area (Å²) in [5.74, 6) is -2.47. The normalized spacial score (nSPS) is 12.6. The molecule has 0 aliphatic rings. The maximum Gasteiger partial charge on any atom is 0.330 e. The highest BCUT2D eigenvalue weighted by atomic mass is 16.6. The van der Waals surface area contributed by atoms with Crippen molar-refractivity contribution in [2.24, 2.45) is 14.1 Å². The highest BCUT2D eigenvalue weighted by Crippen LogP contribution is 2.20. The van der Waals surface area contributed by atoms with E-state index in [2.05, 4.69) is 0 Å². The van der Waals surface area contributed by atoms with Crippen LogP contribution in [0.15, 0.2) is 15.8 Å². The van der Waals surface area contributed by atoms with Gasteiger partial charge in [-0.25, -0.2) is 4.79 Å². The first kappa shape index (κ1) is 19.7. The van der Waals surface area contributed by atoms with Gasteiger partial charge in [0.1, 0.15) is 5.60 Å². The summed E-state index contributed by atoms with van der Waals surface area (Å²) in [5, 5.41) is 0. The Hall–Kier alpha value is -2.38. The Morgan fingerprint density at radius 1 is 1.21 bits per heavy atom. The van der Waals surface area contributed by atoms with Crippen LogP contribution in [-0.4, -0.2) is 33.3 Å². The van der Waals surface area contributed by atoms with Crippen LogP contribution in [0.2, 0.25) is 0 Å². The molecule has 24 heavy (non-hydrogen) atoms. The minimum Gasteiger partial charge on any atom is -0.466 e. The van der Waals surface area contributed by atoms with Gasteiger partial charge in [0.2, 0.25) is 0 Å². The van der Waals surface area contributed by atoms with Crippen molar-refractivity contribution >= 4 is 11.9 Å². The van der Waals surface area contributed by atoms with Crippen molar-refractivity contribution in [2.75, 3.05) is 6.61 Å². The van der Waals surface area contributed by atoms with Crippen molar-refractivity contribution < 1.29 is 19.1 Å². The Morgan fingerprint density at radius 2 is 1.79 bits per heavy atom. The quantitative estimate of drug-likeness (QED) is 0.723. The van der Waals surface area contributed by atoms with E-state index in [0.717, 1.165) is 4.57 Å². The van der Waals surface area contributed by atoms with Gasteiger partial charge in [0, 0.05) is 25.9 Å². The zero-order valence-electron chi connectivity index (χ0n) is 14.9. The van der Waals surface area contributed by atoms with Crippen molar-refractivity contribution in [2.45, 2.75) is 45.6 Å². The average Bonchev–Trinajstić information content (AvgIpc) is 2.45. The van der Waals surface area contributed by atoms with E-state index in [4.69, 9.17) is 9.47 Å². The highest BCUT2D eigenvalue weighted by molar-refractivity contribution is 5.84. The lowest BCUT2D eigenvalue weighted by molar-refractivity contribution is -0.159. The number of aromatic nitrogens is 2. The molecule has 0 spiro atoms. The molecule has 0 radical (unpaired) electrons. The molecule has 0 saturated carbocycles. The zero-order chi connectivity index (χ0) is 18.7. The van der Waals surface area contributed by atoms with E-state index in [1.165, 1.54) is 24.9 Å². The summed E-state index contributed by atoms with van der Waals surface area (Å²) in [6, 6.07) is 0. The first-order valence-corrected chi connectivity index (χ1v) is 7.63. The average molecular weight is 340 g/mol. The van der Waals surface area contributed by atoms with Gasteiger partial charge in [0.15, 0.2) is 0 Å². The van der Waals surface area contributed by atoms with E-state index in [-0.39, 0.29) is 18.6 Å². The molecule has 1 unspecified atom stereocenters. The van der Waals surface area contributed by atoms with Crippen LogP contribution in [0.4, 0.5) is 0 Å². The lowest BCUT2D eigenvalue weighted by Crippen LogP contribution is -2.40. The van der Waals surface area contributed by atoms with E-state index in [1.54, 1.807) is 27.7 Å². The molecular weight excluding hydrogens is 316 g/mol. The van der Waals surface area contributed by atoms with Gasteiger partial charge in [0.05, 0.1) is 18.9 Å². The Balaban J connectivity index is 3.31. The smallest absolute Gasteiger partial charge is 0.330 e. The number of aryl methyl sites for hydroxylation is 1. The highest BCUT2D eigenvalue weighted by Gasteiger charge is 2.31. The summed E-state index contributed by atoms with van der Waals surface area (Å²) < 4.78 is 12.3. The number of hydrogen-bond acceptors (Lipinski definition) is 6. The molecule has 8 heteroatoms. The largest absolute Gasteiger partial charge is 0.466 e. The molecular formula is C16H24N2O6. The Bertz CT molecular complexity index is 738. The molecule has 0 aliphatic carbocycles. The molecule has 0 aromatic carbocycles. The molecule has 0 saturated heterocycles. The predicted molar refractivity (Wildman–Crippen MR) is 86.8 cm³/mol. The predicted octanol–water partition coefficient (Wildman–Crippen LogP) is 0.463. The fourth-order valence-electron chi connectivity index (χ4n) is 2.19. The number of hydrogen-bond donors (Lipinski definition) is 0. The fraction of sp³-hybridized carbons (Fsp3) is 0.625. The third-order valence-corrected chi connectivity index (χ3v) is 3.21. The number of carbonyl (C=O) groups excluding carboxylic acids is 2. The molecule has 0 fully saturated rings. The van der Waals surface area contributed by atoms with Gasteiger partial charge in [-0.2, -0.15) is 0 Å². The summed E-state index contributed by atoms with van der Waals surface area (Å²) in [6.07, 6.45) is 0.917. The van der Waals surface area contributed by atoms with Gasteiger partial charge >= 0.3 is 17.6 Å². The van der Waals surface area contributed by atoms with Gasteiger partial charge in [-0.15, -0.1) is 0 Å². The minimum absolute atomic E-state index is 0.0175. The summed E-state index contributed by atoms with van der Waals surface area (Å²) in [4.78, 5) is 48.5. The van der Waals surface area contributed by atoms with E-state index in [9.17, 15) is 19.2 Å². The molecule has 1 rings (SSSR count). The van der Waals surface area contributed by atoms with Crippen LogP contribution >= 0.6 is 0 Å². The molecule has 0 N–H and O–H groups in total. The van der Waals surface area contributed by atoms with Crippen LogP contribution < -0.4 is 11.2 Å². The zero-order valence-corrected chi connectivity index (χ0v) is 14.9. The minimum atomic E-state index is -1.13. The van der Waals surface area contributed by atoms with Crippen LogP contribution in [0.1, 0.15) is 45.6 Å². The molecule has 0 aliphatic heterocycles. The van der Waals surface area contributed by atoms with Crippen molar-refractivity contribution in [1.29, 1.82) is 0 Å². The first-order valence-electron chi connectivity index (χ1n) is 7.63. The van der Waals surface area contributed by atoms with Crippen LogP contribution in [0.25, 0.3) is 0 Å². The van der Waals surface area contributed by atoms with Gasteiger partial charge < -0.3 is 14.0 Å². The van der Waals surface area contributed by atoms with Gasteiger partial charge in [-0.3, -0.25) is 19.0 Å². The summed E-state index contributed by atoms with van der Waals surface area (Å²) in [7, 11) is 2.77. The van der Waals surface area contributed by atoms with Crippen molar-refractivity contribution in [3.05, 3.63) is 32.6 Å². The van der Waals surface area contributed by atoms with Gasteiger partial charge in [-0.1, -0.05) is 0 Å². The molecule has 134 valence electrons. The van der Waals surface area contributed by atoms with Crippen LogP contribution in [0, 0.1) is 0 Å². The summed E-state index contributed by atoms with van der Waals surface area (Å²) >= 11 is 0. The third-order valence-electron chi connectivity index (χ3n) is 3.21. The number of esters is 2. The van der Waals surface area contributed by atoms with E-state index in [1.807, 2.05) is 0 Å². The van der Waals surface area contributed by atoms with E-state index >= 15 is 0 Å². The molecule has 1 atom stereocenters. The molecule has 1 aromatic heterocycles. The molecule has 0 amide bonds. The summed E-state index contributed by atoms with van der Waals surface area (Å²) in [5.41, 5.74) is -1.86. The lowest BCUT2D eigenvalue weighted by atomic mass is 9.98. The fourth-order valence-corrected chi connectivity index (χ4v) is 2.19.